The molecule has 3 heterocycles. The molecule has 6 nitrogen and oxygen atoms in total. The molecule has 0 unspecified atom stereocenters. The van der Waals surface area contributed by atoms with Crippen LogP contribution in [0.15, 0.2) is 10.6 Å². The highest BCUT2D eigenvalue weighted by Gasteiger charge is 2.25. The van der Waals surface area contributed by atoms with Crippen LogP contribution in [-0.4, -0.2) is 28.2 Å². The molecule has 1 aliphatic heterocycles. The van der Waals surface area contributed by atoms with Gasteiger partial charge in [-0.15, -0.1) is 0 Å². The van der Waals surface area contributed by atoms with E-state index in [0.29, 0.717) is 17.4 Å². The number of anilines is 1. The molecule has 0 atom stereocenters. The van der Waals surface area contributed by atoms with Crippen LogP contribution in [0.25, 0.3) is 0 Å². The van der Waals surface area contributed by atoms with E-state index in [9.17, 15) is 0 Å². The molecule has 114 valence electrons. The zero-order chi connectivity index (χ0) is 15.7. The Kier molecular flexibility index (Phi) is 3.80. The van der Waals surface area contributed by atoms with Crippen molar-refractivity contribution in [1.82, 2.24) is 15.1 Å². The standard InChI is InChI=1S/C16H19N5O/c1-10-8-15(18-11(2)14(10)9-17)21-6-4-13(5-7-21)16-19-12(3)22-20-16/h8,13H,4-7H2,1-3H3. The fraction of sp³-hybridized carbons (Fsp3) is 0.500. The largest absolute Gasteiger partial charge is 0.357 e. The van der Waals surface area contributed by atoms with Gasteiger partial charge in [0, 0.05) is 25.9 Å². The molecule has 0 radical (unpaired) electrons. The molecule has 22 heavy (non-hydrogen) atoms. The first-order chi connectivity index (χ1) is 10.6. The van der Waals surface area contributed by atoms with Crippen molar-refractivity contribution in [1.29, 1.82) is 5.26 Å². The summed E-state index contributed by atoms with van der Waals surface area (Å²) in [5.41, 5.74) is 2.47. The summed E-state index contributed by atoms with van der Waals surface area (Å²) in [6.07, 6.45) is 1.97. The van der Waals surface area contributed by atoms with Crippen molar-refractivity contribution in [3.63, 3.8) is 0 Å². The third kappa shape index (κ3) is 2.67. The first-order valence-electron chi connectivity index (χ1n) is 7.52. The average Bonchev–Trinajstić information content (AvgIpc) is 2.94. The number of aryl methyl sites for hydroxylation is 3. The smallest absolute Gasteiger partial charge is 0.223 e. The van der Waals surface area contributed by atoms with E-state index >= 15 is 0 Å². The maximum atomic E-state index is 9.14. The minimum Gasteiger partial charge on any atom is -0.357 e. The Morgan fingerprint density at radius 3 is 2.50 bits per heavy atom. The van der Waals surface area contributed by atoms with E-state index < -0.39 is 0 Å². The van der Waals surface area contributed by atoms with Crippen molar-refractivity contribution in [2.24, 2.45) is 0 Å². The number of nitriles is 1. The Bertz CT molecular complexity index is 699. The Labute approximate surface area is 129 Å². The van der Waals surface area contributed by atoms with Crippen LogP contribution in [-0.2, 0) is 0 Å². The molecule has 0 aromatic carbocycles. The van der Waals surface area contributed by atoms with Crippen LogP contribution in [0.1, 0.15) is 47.3 Å². The van der Waals surface area contributed by atoms with E-state index in [0.717, 1.165) is 48.8 Å². The number of hydrogen-bond acceptors (Lipinski definition) is 6. The Morgan fingerprint density at radius 1 is 1.23 bits per heavy atom. The Morgan fingerprint density at radius 2 is 1.95 bits per heavy atom. The van der Waals surface area contributed by atoms with Crippen LogP contribution in [0.5, 0.6) is 0 Å². The Balaban J connectivity index is 1.73. The second-order valence-corrected chi connectivity index (χ2v) is 5.80. The highest BCUT2D eigenvalue weighted by Crippen LogP contribution is 2.29. The van der Waals surface area contributed by atoms with E-state index in [-0.39, 0.29) is 0 Å². The minimum atomic E-state index is 0.356. The lowest BCUT2D eigenvalue weighted by atomic mass is 9.96. The minimum absolute atomic E-state index is 0.356. The van der Waals surface area contributed by atoms with Gasteiger partial charge in [0.25, 0.3) is 0 Å². The summed E-state index contributed by atoms with van der Waals surface area (Å²) in [7, 11) is 0. The molecule has 1 aliphatic rings. The molecule has 0 spiro atoms. The molecule has 0 saturated carbocycles. The third-order valence-electron chi connectivity index (χ3n) is 4.22. The van der Waals surface area contributed by atoms with Crippen LogP contribution in [0.2, 0.25) is 0 Å². The average molecular weight is 297 g/mol. The predicted octanol–water partition coefficient (Wildman–Crippen LogP) is 2.65. The maximum Gasteiger partial charge on any atom is 0.223 e. The van der Waals surface area contributed by atoms with E-state index in [2.05, 4.69) is 26.1 Å². The van der Waals surface area contributed by atoms with E-state index in [1.807, 2.05) is 26.8 Å². The van der Waals surface area contributed by atoms with Crippen molar-refractivity contribution < 1.29 is 4.52 Å². The lowest BCUT2D eigenvalue weighted by molar-refractivity contribution is 0.375. The summed E-state index contributed by atoms with van der Waals surface area (Å²) < 4.78 is 5.07. The van der Waals surface area contributed by atoms with Crippen LogP contribution in [0.3, 0.4) is 0 Å². The third-order valence-corrected chi connectivity index (χ3v) is 4.22. The van der Waals surface area contributed by atoms with E-state index in [1.54, 1.807) is 0 Å². The highest BCUT2D eigenvalue weighted by atomic mass is 16.5. The molecule has 0 aliphatic carbocycles. The van der Waals surface area contributed by atoms with Crippen LogP contribution in [0.4, 0.5) is 5.82 Å². The van der Waals surface area contributed by atoms with Gasteiger partial charge in [-0.1, -0.05) is 5.16 Å². The van der Waals surface area contributed by atoms with Gasteiger partial charge in [-0.3, -0.25) is 0 Å². The number of pyridine rings is 1. The van der Waals surface area contributed by atoms with Crippen molar-refractivity contribution in [2.45, 2.75) is 39.5 Å². The quantitative estimate of drug-likeness (QED) is 0.848. The number of hydrogen-bond donors (Lipinski definition) is 0. The molecule has 2 aromatic rings. The summed E-state index contributed by atoms with van der Waals surface area (Å²) in [6, 6.07) is 4.22. The van der Waals surface area contributed by atoms with Gasteiger partial charge in [-0.25, -0.2) is 4.98 Å². The molecule has 1 fully saturated rings. The molecule has 1 saturated heterocycles. The molecule has 6 heteroatoms. The molecule has 2 aromatic heterocycles. The topological polar surface area (TPSA) is 78.8 Å². The van der Waals surface area contributed by atoms with Gasteiger partial charge >= 0.3 is 0 Å². The Hall–Kier alpha value is -2.42. The number of nitrogens with zero attached hydrogens (tertiary/aromatic N) is 5. The molecular formula is C16H19N5O. The highest BCUT2D eigenvalue weighted by molar-refractivity contribution is 5.50. The summed E-state index contributed by atoms with van der Waals surface area (Å²) in [5, 5.41) is 13.2. The SMILES string of the molecule is Cc1nc(C2CCN(c3cc(C)c(C#N)c(C)n3)CC2)no1. The first-order valence-corrected chi connectivity index (χ1v) is 7.52. The summed E-state index contributed by atoms with van der Waals surface area (Å²) in [5.74, 6) is 2.75. The summed E-state index contributed by atoms with van der Waals surface area (Å²) in [4.78, 5) is 11.2. The van der Waals surface area contributed by atoms with Crippen LogP contribution in [0, 0.1) is 32.1 Å². The van der Waals surface area contributed by atoms with Gasteiger partial charge in [-0.2, -0.15) is 10.2 Å². The van der Waals surface area contributed by atoms with Crippen molar-refractivity contribution >= 4 is 5.82 Å². The molecule has 0 N–H and O–H groups in total. The predicted molar refractivity (Wildman–Crippen MR) is 81.6 cm³/mol. The monoisotopic (exact) mass is 297 g/mol. The molecule has 0 bridgehead atoms. The summed E-state index contributed by atoms with van der Waals surface area (Å²) in [6.45, 7) is 7.50. The van der Waals surface area contributed by atoms with Crippen molar-refractivity contribution in [3.05, 3.63) is 34.6 Å². The number of rotatable bonds is 2. The van der Waals surface area contributed by atoms with Gasteiger partial charge in [0.1, 0.15) is 11.9 Å². The molecule has 3 rings (SSSR count). The zero-order valence-corrected chi connectivity index (χ0v) is 13.1. The second kappa shape index (κ2) is 5.76. The van der Waals surface area contributed by atoms with Gasteiger partial charge in [0.2, 0.25) is 5.89 Å². The van der Waals surface area contributed by atoms with Gasteiger partial charge in [-0.05, 0) is 38.3 Å². The van der Waals surface area contributed by atoms with Gasteiger partial charge in [0.15, 0.2) is 5.82 Å². The normalized spacial score (nSPS) is 15.8. The van der Waals surface area contributed by atoms with Crippen molar-refractivity contribution in [2.75, 3.05) is 18.0 Å². The second-order valence-electron chi connectivity index (χ2n) is 5.80. The zero-order valence-electron chi connectivity index (χ0n) is 13.1. The number of piperidine rings is 1. The molecule has 0 amide bonds. The van der Waals surface area contributed by atoms with Crippen molar-refractivity contribution in [3.8, 4) is 6.07 Å². The lowest BCUT2D eigenvalue weighted by Crippen LogP contribution is -2.34. The van der Waals surface area contributed by atoms with Gasteiger partial charge in [0.05, 0.1) is 11.3 Å². The maximum absolute atomic E-state index is 9.14. The van der Waals surface area contributed by atoms with E-state index in [1.165, 1.54) is 0 Å². The fourth-order valence-electron chi connectivity index (χ4n) is 2.99. The number of aromatic nitrogens is 3. The van der Waals surface area contributed by atoms with E-state index in [4.69, 9.17) is 9.78 Å². The fourth-order valence-corrected chi connectivity index (χ4v) is 2.99. The van der Waals surface area contributed by atoms with Crippen LogP contribution >= 0.6 is 0 Å². The van der Waals surface area contributed by atoms with Crippen LogP contribution < -0.4 is 4.90 Å². The van der Waals surface area contributed by atoms with Gasteiger partial charge < -0.3 is 9.42 Å². The summed E-state index contributed by atoms with van der Waals surface area (Å²) >= 11 is 0. The first kappa shape index (κ1) is 14.5. The lowest BCUT2D eigenvalue weighted by Gasteiger charge is -2.32. The molecular weight excluding hydrogens is 278 g/mol.